The van der Waals surface area contributed by atoms with Crippen molar-refractivity contribution in [3.05, 3.63) is 23.9 Å². The van der Waals surface area contributed by atoms with E-state index in [4.69, 9.17) is 10.4 Å². The Morgan fingerprint density at radius 3 is 2.60 bits per heavy atom. The minimum atomic E-state index is -3.97. The number of pyridine rings is 1. The summed E-state index contributed by atoms with van der Waals surface area (Å²) in [6, 6.07) is 2.09. The van der Waals surface area contributed by atoms with Crippen LogP contribution in [0.2, 0.25) is 0 Å². The van der Waals surface area contributed by atoms with Crippen LogP contribution in [0.5, 0.6) is 0 Å². The minimum Gasteiger partial charge on any atom is -0.478 e. The molecule has 0 saturated heterocycles. The van der Waals surface area contributed by atoms with Crippen molar-refractivity contribution in [2.24, 2.45) is 0 Å². The van der Waals surface area contributed by atoms with Crippen LogP contribution in [-0.4, -0.2) is 24.5 Å². The zero-order valence-electron chi connectivity index (χ0n) is 7.21. The summed E-state index contributed by atoms with van der Waals surface area (Å²) in [6.07, 6.45) is 2.15. The third kappa shape index (κ3) is 2.41. The van der Waals surface area contributed by atoms with Crippen LogP contribution < -0.4 is 4.72 Å². The number of carboxylic acids is 1. The first kappa shape index (κ1) is 10.9. The average Bonchev–Trinajstić information content (AvgIpc) is 2.18. The fourth-order valence-corrected chi connectivity index (χ4v) is 1.44. The van der Waals surface area contributed by atoms with Gasteiger partial charge in [0.15, 0.2) is 11.2 Å². The predicted octanol–water partition coefficient (Wildman–Crippen LogP) is -0.461. The molecule has 8 heteroatoms. The molecular formula is C7H5N3O4S. The third-order valence-electron chi connectivity index (χ3n) is 1.44. The Balaban J connectivity index is 3.11. The molecule has 78 valence electrons. The number of nitrogens with one attached hydrogen (secondary N) is 1. The van der Waals surface area contributed by atoms with Gasteiger partial charge in [-0.25, -0.2) is 14.5 Å². The molecule has 0 saturated carbocycles. The quantitative estimate of drug-likeness (QED) is 0.532. The van der Waals surface area contributed by atoms with Crippen LogP contribution in [0.15, 0.2) is 23.4 Å². The van der Waals surface area contributed by atoms with Crippen molar-refractivity contribution in [1.82, 2.24) is 9.71 Å². The van der Waals surface area contributed by atoms with Crippen molar-refractivity contribution in [2.75, 3.05) is 0 Å². The SMILES string of the molecule is N#CNS(=O)(=O)c1ccc(C(=O)O)cn1. The lowest BCUT2D eigenvalue weighted by atomic mass is 10.3. The van der Waals surface area contributed by atoms with Gasteiger partial charge in [-0.1, -0.05) is 0 Å². The van der Waals surface area contributed by atoms with Crippen molar-refractivity contribution in [2.45, 2.75) is 5.03 Å². The van der Waals surface area contributed by atoms with E-state index in [2.05, 4.69) is 4.98 Å². The molecule has 1 heterocycles. The first-order valence-corrected chi connectivity index (χ1v) is 5.06. The lowest BCUT2D eigenvalue weighted by Crippen LogP contribution is -2.19. The molecule has 0 aliphatic heterocycles. The molecule has 7 nitrogen and oxygen atoms in total. The van der Waals surface area contributed by atoms with E-state index in [9.17, 15) is 13.2 Å². The summed E-state index contributed by atoms with van der Waals surface area (Å²) in [7, 11) is -3.97. The fraction of sp³-hybridized carbons (Fsp3) is 0. The highest BCUT2D eigenvalue weighted by Crippen LogP contribution is 2.05. The molecule has 0 spiro atoms. The van der Waals surface area contributed by atoms with E-state index in [-0.39, 0.29) is 5.56 Å². The predicted molar refractivity (Wildman–Crippen MR) is 47.1 cm³/mol. The van der Waals surface area contributed by atoms with Crippen molar-refractivity contribution in [1.29, 1.82) is 5.26 Å². The monoisotopic (exact) mass is 227 g/mol. The zero-order valence-corrected chi connectivity index (χ0v) is 8.02. The van der Waals surface area contributed by atoms with Crippen molar-refractivity contribution < 1.29 is 18.3 Å². The zero-order chi connectivity index (χ0) is 11.5. The molecule has 0 radical (unpaired) electrons. The van der Waals surface area contributed by atoms with E-state index < -0.39 is 21.0 Å². The summed E-state index contributed by atoms with van der Waals surface area (Å²) < 4.78 is 23.9. The Hall–Kier alpha value is -2.14. The summed E-state index contributed by atoms with van der Waals surface area (Å²) >= 11 is 0. The molecule has 0 atom stereocenters. The number of aromatic nitrogens is 1. The number of carboxylic acid groups (broad SMARTS) is 1. The van der Waals surface area contributed by atoms with Gasteiger partial charge in [-0.2, -0.15) is 13.7 Å². The second kappa shape index (κ2) is 3.93. The number of nitrogens with zero attached hydrogens (tertiary/aromatic N) is 2. The van der Waals surface area contributed by atoms with Crippen molar-refractivity contribution in [3.63, 3.8) is 0 Å². The van der Waals surface area contributed by atoms with Crippen LogP contribution in [0.1, 0.15) is 10.4 Å². The Bertz CT molecular complexity index is 514. The Morgan fingerprint density at radius 1 is 1.53 bits per heavy atom. The highest BCUT2D eigenvalue weighted by molar-refractivity contribution is 7.89. The smallest absolute Gasteiger partial charge is 0.337 e. The second-order valence-electron chi connectivity index (χ2n) is 2.41. The topological polar surface area (TPSA) is 120 Å². The van der Waals surface area contributed by atoms with Gasteiger partial charge in [0.05, 0.1) is 5.56 Å². The Labute approximate surface area is 85.0 Å². The highest BCUT2D eigenvalue weighted by atomic mass is 32.2. The molecular weight excluding hydrogens is 222 g/mol. The molecule has 0 bridgehead atoms. The molecule has 0 aliphatic rings. The summed E-state index contributed by atoms with van der Waals surface area (Å²) in [5, 5.41) is 16.3. The number of rotatable bonds is 3. The molecule has 0 unspecified atom stereocenters. The van der Waals surface area contributed by atoms with Gasteiger partial charge in [-0.15, -0.1) is 0 Å². The Kier molecular flexibility index (Phi) is 2.87. The van der Waals surface area contributed by atoms with E-state index in [1.165, 1.54) is 6.19 Å². The normalized spacial score (nSPS) is 10.3. The van der Waals surface area contributed by atoms with Crippen LogP contribution in [0, 0.1) is 11.5 Å². The van der Waals surface area contributed by atoms with Gasteiger partial charge in [0.2, 0.25) is 0 Å². The standard InChI is InChI=1S/C7H5N3O4S/c8-4-10-15(13,14)6-2-1-5(3-9-6)7(11)12/h1-3,10H,(H,11,12). The van der Waals surface area contributed by atoms with Crippen LogP contribution in [0.3, 0.4) is 0 Å². The van der Waals surface area contributed by atoms with Crippen LogP contribution in [-0.2, 0) is 10.0 Å². The molecule has 2 N–H and O–H groups in total. The molecule has 0 fully saturated rings. The molecule has 0 aromatic carbocycles. The number of hydrogen-bond donors (Lipinski definition) is 2. The number of hydrogen-bond acceptors (Lipinski definition) is 5. The van der Waals surface area contributed by atoms with Gasteiger partial charge in [0, 0.05) is 6.20 Å². The maximum Gasteiger partial charge on any atom is 0.337 e. The van der Waals surface area contributed by atoms with E-state index in [1.807, 2.05) is 0 Å². The summed E-state index contributed by atoms with van der Waals surface area (Å²) in [5.74, 6) is -1.21. The molecule has 15 heavy (non-hydrogen) atoms. The number of nitriles is 1. The molecule has 1 aromatic heterocycles. The summed E-state index contributed by atoms with van der Waals surface area (Å²) in [6.45, 7) is 0. The lowest BCUT2D eigenvalue weighted by Gasteiger charge is -1.99. The average molecular weight is 227 g/mol. The maximum absolute atomic E-state index is 11.2. The maximum atomic E-state index is 11.2. The minimum absolute atomic E-state index is 0.133. The van der Waals surface area contributed by atoms with E-state index >= 15 is 0 Å². The van der Waals surface area contributed by atoms with Gasteiger partial charge in [0.25, 0.3) is 10.0 Å². The number of sulfonamides is 1. The van der Waals surface area contributed by atoms with Crippen molar-refractivity contribution in [3.8, 4) is 6.19 Å². The van der Waals surface area contributed by atoms with Gasteiger partial charge in [0.1, 0.15) is 0 Å². The summed E-state index contributed by atoms with van der Waals surface area (Å²) in [5.41, 5.74) is -0.133. The first-order valence-electron chi connectivity index (χ1n) is 3.57. The Morgan fingerprint density at radius 2 is 2.20 bits per heavy atom. The van der Waals surface area contributed by atoms with Crippen LogP contribution in [0.4, 0.5) is 0 Å². The molecule has 0 amide bonds. The van der Waals surface area contributed by atoms with E-state index in [0.717, 1.165) is 18.3 Å². The second-order valence-corrected chi connectivity index (χ2v) is 4.04. The van der Waals surface area contributed by atoms with Crippen molar-refractivity contribution >= 4 is 16.0 Å². The largest absolute Gasteiger partial charge is 0.478 e. The van der Waals surface area contributed by atoms with E-state index in [0.29, 0.717) is 0 Å². The molecule has 0 aliphatic carbocycles. The number of aromatic carboxylic acids is 1. The van der Waals surface area contributed by atoms with E-state index in [1.54, 1.807) is 4.72 Å². The molecule has 1 aromatic rings. The van der Waals surface area contributed by atoms with Gasteiger partial charge >= 0.3 is 5.97 Å². The van der Waals surface area contributed by atoms with Gasteiger partial charge < -0.3 is 5.11 Å². The van der Waals surface area contributed by atoms with Crippen LogP contribution >= 0.6 is 0 Å². The molecule has 1 rings (SSSR count). The fourth-order valence-electron chi connectivity index (χ4n) is 0.778. The highest BCUT2D eigenvalue weighted by Gasteiger charge is 2.15. The third-order valence-corrected chi connectivity index (χ3v) is 2.59. The number of carbonyl (C=O) groups is 1. The first-order chi connectivity index (χ1) is 6.97. The van der Waals surface area contributed by atoms with Crippen LogP contribution in [0.25, 0.3) is 0 Å². The van der Waals surface area contributed by atoms with Gasteiger partial charge in [-0.3, -0.25) is 0 Å². The summed E-state index contributed by atoms with van der Waals surface area (Å²) in [4.78, 5) is 13.8. The lowest BCUT2D eigenvalue weighted by molar-refractivity contribution is 0.0696. The van der Waals surface area contributed by atoms with Gasteiger partial charge in [-0.05, 0) is 12.1 Å².